The molecular weight excluding hydrogens is 182 g/mol. The molecule has 4 heteroatoms. The van der Waals surface area contributed by atoms with Gasteiger partial charge >= 0.3 is 0 Å². The Morgan fingerprint density at radius 1 is 1.43 bits per heavy atom. The zero-order valence-corrected chi connectivity index (χ0v) is 7.66. The van der Waals surface area contributed by atoms with E-state index in [0.29, 0.717) is 17.9 Å². The molecular formula is C10H11NO3. The fourth-order valence-corrected chi connectivity index (χ4v) is 1.41. The summed E-state index contributed by atoms with van der Waals surface area (Å²) in [6.07, 6.45) is 0.309. The molecule has 0 bridgehead atoms. The first kappa shape index (κ1) is 9.02. The van der Waals surface area contributed by atoms with E-state index in [1.54, 1.807) is 0 Å². The molecule has 0 saturated carbocycles. The summed E-state index contributed by atoms with van der Waals surface area (Å²) in [4.78, 5) is 11.2. The number of rotatable bonds is 3. The van der Waals surface area contributed by atoms with Crippen LogP contribution in [0.15, 0.2) is 18.2 Å². The third-order valence-electron chi connectivity index (χ3n) is 2.09. The van der Waals surface area contributed by atoms with Gasteiger partial charge in [-0.3, -0.25) is 4.79 Å². The smallest absolute Gasteiger partial charge is 0.231 e. The monoisotopic (exact) mass is 193 g/mol. The molecule has 1 heterocycles. The Hall–Kier alpha value is -1.55. The molecule has 0 amide bonds. The molecule has 1 aliphatic rings. The SMILES string of the molecule is NCC(=O)Cc1cccc2c1OCO2. The van der Waals surface area contributed by atoms with Gasteiger partial charge in [-0.15, -0.1) is 0 Å². The van der Waals surface area contributed by atoms with Gasteiger partial charge in [0.15, 0.2) is 17.3 Å². The number of Topliss-reactive ketones (excluding diaryl/α,β-unsaturated/α-hetero) is 1. The quantitative estimate of drug-likeness (QED) is 0.758. The van der Waals surface area contributed by atoms with E-state index in [1.165, 1.54) is 0 Å². The summed E-state index contributed by atoms with van der Waals surface area (Å²) in [6, 6.07) is 5.51. The van der Waals surface area contributed by atoms with E-state index < -0.39 is 0 Å². The van der Waals surface area contributed by atoms with Gasteiger partial charge in [-0.1, -0.05) is 12.1 Å². The van der Waals surface area contributed by atoms with Crippen LogP contribution in [0, 0.1) is 0 Å². The van der Waals surface area contributed by atoms with Crippen LogP contribution in [-0.2, 0) is 11.2 Å². The average Bonchev–Trinajstić information content (AvgIpc) is 2.66. The number of fused-ring (bicyclic) bond motifs is 1. The van der Waals surface area contributed by atoms with Gasteiger partial charge in [-0.25, -0.2) is 0 Å². The predicted octanol–water partition coefficient (Wildman–Crippen LogP) is 0.486. The lowest BCUT2D eigenvalue weighted by Crippen LogP contribution is -2.15. The Morgan fingerprint density at radius 2 is 2.29 bits per heavy atom. The molecule has 0 spiro atoms. The minimum atomic E-state index is -0.00565. The zero-order valence-electron chi connectivity index (χ0n) is 7.66. The first-order valence-electron chi connectivity index (χ1n) is 4.40. The summed E-state index contributed by atoms with van der Waals surface area (Å²) in [5.74, 6) is 1.37. The summed E-state index contributed by atoms with van der Waals surface area (Å²) < 4.78 is 10.4. The highest BCUT2D eigenvalue weighted by molar-refractivity contribution is 5.83. The Balaban J connectivity index is 2.26. The number of benzene rings is 1. The van der Waals surface area contributed by atoms with Gasteiger partial charge in [-0.2, -0.15) is 0 Å². The minimum Gasteiger partial charge on any atom is -0.454 e. The molecule has 0 aromatic heterocycles. The second kappa shape index (κ2) is 3.67. The van der Waals surface area contributed by atoms with Gasteiger partial charge in [-0.05, 0) is 6.07 Å². The predicted molar refractivity (Wildman–Crippen MR) is 50.3 cm³/mol. The largest absolute Gasteiger partial charge is 0.454 e. The molecule has 1 aliphatic heterocycles. The van der Waals surface area contributed by atoms with Crippen LogP contribution in [-0.4, -0.2) is 19.1 Å². The fourth-order valence-electron chi connectivity index (χ4n) is 1.41. The summed E-state index contributed by atoms with van der Waals surface area (Å²) in [5, 5.41) is 0. The highest BCUT2D eigenvalue weighted by atomic mass is 16.7. The summed E-state index contributed by atoms with van der Waals surface area (Å²) in [7, 11) is 0. The van der Waals surface area contributed by atoms with Crippen molar-refractivity contribution in [1.82, 2.24) is 0 Å². The second-order valence-corrected chi connectivity index (χ2v) is 3.07. The first-order valence-corrected chi connectivity index (χ1v) is 4.40. The number of hydrogen-bond acceptors (Lipinski definition) is 4. The molecule has 4 nitrogen and oxygen atoms in total. The lowest BCUT2D eigenvalue weighted by molar-refractivity contribution is -0.117. The fraction of sp³-hybridized carbons (Fsp3) is 0.300. The standard InChI is InChI=1S/C10H11NO3/c11-5-8(12)4-7-2-1-3-9-10(7)14-6-13-9/h1-3H,4-6,11H2. The Morgan fingerprint density at radius 3 is 3.07 bits per heavy atom. The van der Waals surface area contributed by atoms with Crippen molar-refractivity contribution in [3.8, 4) is 11.5 Å². The van der Waals surface area contributed by atoms with Gasteiger partial charge in [0.2, 0.25) is 6.79 Å². The highest BCUT2D eigenvalue weighted by Crippen LogP contribution is 2.35. The third kappa shape index (κ3) is 1.56. The molecule has 0 unspecified atom stereocenters. The Bertz CT molecular complexity index is 362. The highest BCUT2D eigenvalue weighted by Gasteiger charge is 2.18. The lowest BCUT2D eigenvalue weighted by atomic mass is 10.1. The van der Waals surface area contributed by atoms with Crippen LogP contribution in [0.4, 0.5) is 0 Å². The Kier molecular flexibility index (Phi) is 2.37. The van der Waals surface area contributed by atoms with E-state index in [0.717, 1.165) is 5.56 Å². The molecule has 2 N–H and O–H groups in total. The lowest BCUT2D eigenvalue weighted by Gasteiger charge is -2.03. The number of ether oxygens (including phenoxy) is 2. The summed E-state index contributed by atoms with van der Waals surface area (Å²) >= 11 is 0. The van der Waals surface area contributed by atoms with Crippen molar-refractivity contribution in [1.29, 1.82) is 0 Å². The molecule has 0 aliphatic carbocycles. The van der Waals surface area contributed by atoms with Crippen LogP contribution >= 0.6 is 0 Å². The van der Waals surface area contributed by atoms with E-state index >= 15 is 0 Å². The molecule has 1 aromatic rings. The van der Waals surface area contributed by atoms with Crippen molar-refractivity contribution in [3.63, 3.8) is 0 Å². The number of hydrogen-bond donors (Lipinski definition) is 1. The number of para-hydroxylation sites is 1. The number of ketones is 1. The van der Waals surface area contributed by atoms with Crippen molar-refractivity contribution >= 4 is 5.78 Å². The number of carbonyl (C=O) groups is 1. The summed E-state index contributed by atoms with van der Waals surface area (Å²) in [5.41, 5.74) is 6.09. The van der Waals surface area contributed by atoms with Crippen molar-refractivity contribution in [3.05, 3.63) is 23.8 Å². The van der Waals surface area contributed by atoms with E-state index in [2.05, 4.69) is 0 Å². The third-order valence-corrected chi connectivity index (χ3v) is 2.09. The molecule has 1 aromatic carbocycles. The van der Waals surface area contributed by atoms with Gasteiger partial charge in [0.25, 0.3) is 0 Å². The normalized spacial score (nSPS) is 12.9. The van der Waals surface area contributed by atoms with E-state index in [4.69, 9.17) is 15.2 Å². The maximum absolute atomic E-state index is 11.2. The van der Waals surface area contributed by atoms with Gasteiger partial charge in [0, 0.05) is 12.0 Å². The van der Waals surface area contributed by atoms with Crippen LogP contribution in [0.3, 0.4) is 0 Å². The molecule has 0 fully saturated rings. The molecule has 2 rings (SSSR count). The van der Waals surface area contributed by atoms with Crippen molar-refractivity contribution in [2.75, 3.05) is 13.3 Å². The van der Waals surface area contributed by atoms with Crippen molar-refractivity contribution < 1.29 is 14.3 Å². The van der Waals surface area contributed by atoms with Crippen LogP contribution in [0.25, 0.3) is 0 Å². The van der Waals surface area contributed by atoms with E-state index in [9.17, 15) is 4.79 Å². The first-order chi connectivity index (χ1) is 6.81. The maximum atomic E-state index is 11.2. The summed E-state index contributed by atoms with van der Waals surface area (Å²) in [6.45, 7) is 0.285. The number of carbonyl (C=O) groups excluding carboxylic acids is 1. The van der Waals surface area contributed by atoms with Crippen LogP contribution in [0.1, 0.15) is 5.56 Å². The van der Waals surface area contributed by atoms with Crippen LogP contribution in [0.5, 0.6) is 11.5 Å². The second-order valence-electron chi connectivity index (χ2n) is 3.07. The van der Waals surface area contributed by atoms with Crippen molar-refractivity contribution in [2.45, 2.75) is 6.42 Å². The van der Waals surface area contributed by atoms with E-state index in [-0.39, 0.29) is 19.1 Å². The molecule has 14 heavy (non-hydrogen) atoms. The average molecular weight is 193 g/mol. The topological polar surface area (TPSA) is 61.6 Å². The van der Waals surface area contributed by atoms with Gasteiger partial charge in [0.05, 0.1) is 6.54 Å². The van der Waals surface area contributed by atoms with Gasteiger partial charge < -0.3 is 15.2 Å². The van der Waals surface area contributed by atoms with E-state index in [1.807, 2.05) is 18.2 Å². The minimum absolute atomic E-state index is 0.00565. The number of nitrogens with two attached hydrogens (primary N) is 1. The zero-order chi connectivity index (χ0) is 9.97. The molecule has 0 radical (unpaired) electrons. The van der Waals surface area contributed by atoms with Gasteiger partial charge in [0.1, 0.15) is 0 Å². The van der Waals surface area contributed by atoms with Crippen LogP contribution in [0.2, 0.25) is 0 Å². The van der Waals surface area contributed by atoms with Crippen LogP contribution < -0.4 is 15.2 Å². The van der Waals surface area contributed by atoms with Crippen molar-refractivity contribution in [2.24, 2.45) is 5.73 Å². The molecule has 0 saturated heterocycles. The Labute approximate surface area is 81.6 Å². The maximum Gasteiger partial charge on any atom is 0.231 e. The molecule has 74 valence electrons. The molecule has 0 atom stereocenters.